The Bertz CT molecular complexity index is 1820. The molecule has 0 bridgehead atoms. The van der Waals surface area contributed by atoms with E-state index >= 15 is 0 Å². The highest BCUT2D eigenvalue weighted by molar-refractivity contribution is 6.02. The lowest BCUT2D eigenvalue weighted by molar-refractivity contribution is -0.138. The summed E-state index contributed by atoms with van der Waals surface area (Å²) >= 11 is 0. The van der Waals surface area contributed by atoms with Crippen LogP contribution in [-0.4, -0.2) is 18.2 Å². The summed E-state index contributed by atoms with van der Waals surface area (Å²) in [5.41, 5.74) is 2.00. The molecule has 4 aromatic carbocycles. The van der Waals surface area contributed by atoms with E-state index in [-0.39, 0.29) is 46.0 Å². The summed E-state index contributed by atoms with van der Waals surface area (Å²) in [7, 11) is 0. The molecule has 45 heavy (non-hydrogen) atoms. The maximum Gasteiger partial charge on any atom is 0.416 e. The molecule has 0 unspecified atom stereocenters. The number of alkyl halides is 6. The van der Waals surface area contributed by atoms with Crippen molar-refractivity contribution < 1.29 is 31.1 Å². The fraction of sp³-hybridized carbons (Fsp3) is 0.257. The van der Waals surface area contributed by atoms with Crippen LogP contribution in [0.3, 0.4) is 0 Å². The van der Waals surface area contributed by atoms with E-state index in [1.807, 2.05) is 57.2 Å². The zero-order valence-electron chi connectivity index (χ0n) is 24.6. The lowest BCUT2D eigenvalue weighted by atomic mass is 9.86. The Morgan fingerprint density at radius 2 is 1.44 bits per heavy atom. The summed E-state index contributed by atoms with van der Waals surface area (Å²) in [5.74, 6) is 0.0364. The van der Waals surface area contributed by atoms with Gasteiger partial charge in [0.2, 0.25) is 5.90 Å². The van der Waals surface area contributed by atoms with Gasteiger partial charge in [-0.2, -0.15) is 26.3 Å². The molecule has 10 heteroatoms. The Labute approximate surface area is 256 Å². The summed E-state index contributed by atoms with van der Waals surface area (Å²) in [6.45, 7) is 6.02. The van der Waals surface area contributed by atoms with Crippen LogP contribution < -0.4 is 5.32 Å². The molecule has 0 aromatic heterocycles. The molecular weight excluding hydrogens is 592 g/mol. The minimum atomic E-state index is -4.64. The first kappa shape index (κ1) is 30.4. The Kier molecular flexibility index (Phi) is 7.49. The molecule has 0 fully saturated rings. The first-order valence-corrected chi connectivity index (χ1v) is 14.3. The van der Waals surface area contributed by atoms with Crippen LogP contribution in [0.4, 0.5) is 43.4 Å². The summed E-state index contributed by atoms with van der Waals surface area (Å²) in [5, 5.41) is 3.05. The van der Waals surface area contributed by atoms with Crippen LogP contribution in [0.25, 0.3) is 0 Å². The number of halogens is 6. The van der Waals surface area contributed by atoms with Gasteiger partial charge in [-0.1, -0.05) is 63.2 Å². The van der Waals surface area contributed by atoms with Crippen molar-refractivity contribution >= 4 is 29.2 Å². The maximum atomic E-state index is 13.8. The van der Waals surface area contributed by atoms with Crippen molar-refractivity contribution in [1.29, 1.82) is 0 Å². The van der Waals surface area contributed by atoms with Crippen molar-refractivity contribution in [2.45, 2.75) is 57.1 Å². The summed E-state index contributed by atoms with van der Waals surface area (Å²) in [6, 6.07) is 20.9. The van der Waals surface area contributed by atoms with Gasteiger partial charge >= 0.3 is 12.4 Å². The summed E-state index contributed by atoms with van der Waals surface area (Å²) < 4.78 is 88.8. The van der Waals surface area contributed by atoms with Crippen molar-refractivity contribution in [2.75, 3.05) is 5.32 Å². The average molecular weight is 622 g/mol. The number of para-hydroxylation sites is 1. The normalized spacial score (nSPS) is 18.0. The lowest BCUT2D eigenvalue weighted by Crippen LogP contribution is -2.16. The second-order valence-electron chi connectivity index (χ2n) is 12.1. The van der Waals surface area contributed by atoms with E-state index in [2.05, 4.69) is 15.3 Å². The molecule has 0 radical (unpaired) electrons. The van der Waals surface area contributed by atoms with E-state index in [0.29, 0.717) is 12.1 Å². The highest BCUT2D eigenvalue weighted by Crippen LogP contribution is 2.43. The van der Waals surface area contributed by atoms with E-state index in [9.17, 15) is 26.3 Å². The molecule has 232 valence electrons. The predicted molar refractivity (Wildman–Crippen MR) is 163 cm³/mol. The standard InChI is InChI=1S/C35H29F6N3O/c1-33(2,3)26-10-6-7-11-29(26)42-19-21-16-22(34(36,37)38)12-14-27(21)43-28-15-13-23(35(39,40)41)18-25(28)32-44-31-24-9-5-4-8-20(24)17-30(31)45-32/h4-16,18-19,30-31,43H,17H2,1-3H3/t30-,31+/m1/s1. The molecule has 0 amide bonds. The van der Waals surface area contributed by atoms with E-state index < -0.39 is 23.5 Å². The summed E-state index contributed by atoms with van der Waals surface area (Å²) in [4.78, 5) is 9.22. The van der Waals surface area contributed by atoms with Crippen LogP contribution in [-0.2, 0) is 28.9 Å². The molecule has 1 aliphatic carbocycles. The van der Waals surface area contributed by atoms with E-state index in [0.717, 1.165) is 41.0 Å². The van der Waals surface area contributed by atoms with Gasteiger partial charge in [-0.15, -0.1) is 0 Å². The molecule has 1 heterocycles. The minimum Gasteiger partial charge on any atom is -0.471 e. The molecule has 1 N–H and O–H groups in total. The number of benzene rings is 4. The Morgan fingerprint density at radius 1 is 0.800 bits per heavy atom. The van der Waals surface area contributed by atoms with Gasteiger partial charge in [-0.25, -0.2) is 4.99 Å². The van der Waals surface area contributed by atoms with E-state index in [1.165, 1.54) is 18.3 Å². The molecule has 0 spiro atoms. The van der Waals surface area contributed by atoms with E-state index in [4.69, 9.17) is 4.74 Å². The van der Waals surface area contributed by atoms with Crippen LogP contribution in [0.1, 0.15) is 65.8 Å². The smallest absolute Gasteiger partial charge is 0.416 e. The van der Waals surface area contributed by atoms with Crippen LogP contribution in [0.2, 0.25) is 0 Å². The second-order valence-corrected chi connectivity index (χ2v) is 12.1. The first-order valence-electron chi connectivity index (χ1n) is 14.3. The Hall–Kier alpha value is -4.60. The molecule has 0 saturated carbocycles. The van der Waals surface area contributed by atoms with Gasteiger partial charge in [0.25, 0.3) is 0 Å². The summed E-state index contributed by atoms with van der Waals surface area (Å²) in [6.07, 6.45) is -7.73. The van der Waals surface area contributed by atoms with Crippen LogP contribution in [0.15, 0.2) is 94.9 Å². The molecule has 0 saturated heterocycles. The number of rotatable bonds is 5. The van der Waals surface area contributed by atoms with Crippen molar-refractivity contribution in [3.8, 4) is 0 Å². The minimum absolute atomic E-state index is 0.0364. The SMILES string of the molecule is CC(C)(C)c1ccccc1N=Cc1cc(C(F)(F)F)ccc1Nc1ccc(C(F)(F)F)cc1C1=N[C@H]2c3ccccc3C[C@H]2O1. The number of ether oxygens (including phenoxy) is 1. The van der Waals surface area contributed by atoms with Crippen molar-refractivity contribution in [1.82, 2.24) is 0 Å². The topological polar surface area (TPSA) is 46.0 Å². The lowest BCUT2D eigenvalue weighted by Gasteiger charge is -2.21. The van der Waals surface area contributed by atoms with Crippen LogP contribution >= 0.6 is 0 Å². The Morgan fingerprint density at radius 3 is 2.16 bits per heavy atom. The number of hydrogen-bond donors (Lipinski definition) is 1. The third-order valence-electron chi connectivity index (χ3n) is 7.95. The number of fused-ring (bicyclic) bond motifs is 3. The molecular formula is C35H29F6N3O. The predicted octanol–water partition coefficient (Wildman–Crippen LogP) is 9.96. The zero-order chi connectivity index (χ0) is 32.1. The number of hydrogen-bond acceptors (Lipinski definition) is 4. The van der Waals surface area contributed by atoms with Gasteiger partial charge in [0, 0.05) is 23.9 Å². The highest BCUT2D eigenvalue weighted by Gasteiger charge is 2.41. The zero-order valence-corrected chi connectivity index (χ0v) is 24.6. The average Bonchev–Trinajstić information content (AvgIpc) is 3.54. The van der Waals surface area contributed by atoms with Crippen molar-refractivity contribution in [3.63, 3.8) is 0 Å². The van der Waals surface area contributed by atoms with Gasteiger partial charge in [-0.3, -0.25) is 4.99 Å². The third-order valence-corrected chi connectivity index (χ3v) is 7.95. The van der Waals surface area contributed by atoms with Crippen molar-refractivity contribution in [3.05, 3.63) is 124 Å². The first-order chi connectivity index (χ1) is 21.2. The van der Waals surface area contributed by atoms with Crippen molar-refractivity contribution in [2.24, 2.45) is 9.98 Å². The fourth-order valence-corrected chi connectivity index (χ4v) is 5.70. The maximum absolute atomic E-state index is 13.8. The monoisotopic (exact) mass is 621 g/mol. The quantitative estimate of drug-likeness (QED) is 0.178. The van der Waals surface area contributed by atoms with Gasteiger partial charge in [0.05, 0.1) is 28.1 Å². The molecule has 4 aromatic rings. The molecule has 2 atom stereocenters. The van der Waals surface area contributed by atoms with Crippen LogP contribution in [0, 0.1) is 0 Å². The molecule has 1 aliphatic heterocycles. The Balaban J connectivity index is 1.42. The fourth-order valence-electron chi connectivity index (χ4n) is 5.70. The van der Waals surface area contributed by atoms with Gasteiger partial charge in [0.1, 0.15) is 12.1 Å². The number of aliphatic imine (C=N–C) groups is 2. The van der Waals surface area contributed by atoms with E-state index in [1.54, 1.807) is 12.1 Å². The van der Waals surface area contributed by atoms with Gasteiger partial charge in [0.15, 0.2) is 0 Å². The van der Waals surface area contributed by atoms with Crippen LogP contribution in [0.5, 0.6) is 0 Å². The number of anilines is 2. The number of nitrogens with one attached hydrogen (secondary N) is 1. The molecule has 2 aliphatic rings. The third kappa shape index (κ3) is 6.18. The largest absolute Gasteiger partial charge is 0.471 e. The molecule has 4 nitrogen and oxygen atoms in total. The number of nitrogens with zero attached hydrogens (tertiary/aromatic N) is 2. The molecule has 6 rings (SSSR count). The highest BCUT2D eigenvalue weighted by atomic mass is 19.4. The second kappa shape index (κ2) is 11.1. The van der Waals surface area contributed by atoms with Gasteiger partial charge < -0.3 is 10.1 Å². The van der Waals surface area contributed by atoms with Gasteiger partial charge in [-0.05, 0) is 64.6 Å².